The molecule has 3 heterocycles. The van der Waals surface area contributed by atoms with E-state index in [4.69, 9.17) is 9.47 Å². The maximum absolute atomic E-state index is 15.1. The maximum Gasteiger partial charge on any atom is 0.242 e. The van der Waals surface area contributed by atoms with Crippen molar-refractivity contribution in [3.63, 3.8) is 0 Å². The Labute approximate surface area is 189 Å². The van der Waals surface area contributed by atoms with Crippen LogP contribution in [0.25, 0.3) is 0 Å². The number of nitrogens with zero attached hydrogens (tertiary/aromatic N) is 1. The molecule has 3 aromatic carbocycles. The number of nitrogens with one attached hydrogen (secondary N) is 2. The summed E-state index contributed by atoms with van der Waals surface area (Å²) in [6.07, 6.45) is 0. The molecule has 3 aliphatic rings. The number of para-hydroxylation sites is 1. The molecule has 3 aliphatic heterocycles. The van der Waals surface area contributed by atoms with Gasteiger partial charge < -0.3 is 19.5 Å². The highest BCUT2D eigenvalue weighted by atomic mass is 19.1. The van der Waals surface area contributed by atoms with E-state index in [1.54, 1.807) is 35.2 Å². The van der Waals surface area contributed by atoms with Gasteiger partial charge in [-0.25, -0.2) is 15.2 Å². The fraction of sp³-hybridized carbons (Fsp3) is 0.240. The molecule has 6 rings (SSSR count). The van der Waals surface area contributed by atoms with Gasteiger partial charge in [-0.15, -0.1) is 0 Å². The molecule has 0 saturated carbocycles. The molecule has 2 saturated heterocycles. The molecule has 1 amide bonds. The third kappa shape index (κ3) is 3.21. The monoisotopic (exact) mass is 447 g/mol. The van der Waals surface area contributed by atoms with Crippen LogP contribution in [0.5, 0.6) is 17.2 Å². The Hall–Kier alpha value is -3.62. The lowest BCUT2D eigenvalue weighted by molar-refractivity contribution is -0.131. The summed E-state index contributed by atoms with van der Waals surface area (Å²) in [4.78, 5) is 15.3. The lowest BCUT2D eigenvalue weighted by Crippen LogP contribution is -2.41. The number of fused-ring (bicyclic) bond motifs is 2. The zero-order valence-corrected chi connectivity index (χ0v) is 17.6. The first-order valence-electron chi connectivity index (χ1n) is 10.8. The molecular formula is C25H22FN3O4. The van der Waals surface area contributed by atoms with Gasteiger partial charge in [-0.2, -0.15) is 0 Å². The van der Waals surface area contributed by atoms with E-state index in [0.717, 1.165) is 5.56 Å². The first-order valence-corrected chi connectivity index (χ1v) is 10.8. The van der Waals surface area contributed by atoms with Crippen molar-refractivity contribution in [3.8, 4) is 17.2 Å². The maximum atomic E-state index is 15.1. The first kappa shape index (κ1) is 20.0. The summed E-state index contributed by atoms with van der Waals surface area (Å²) in [6, 6.07) is 17.7. The number of phenolic OH excluding ortho intramolecular Hbond substituents is 1. The number of likely N-dealkylation sites (tertiary alicyclic amines) is 1. The van der Waals surface area contributed by atoms with Gasteiger partial charge in [0.2, 0.25) is 12.7 Å². The minimum Gasteiger partial charge on any atom is -0.508 e. The van der Waals surface area contributed by atoms with Gasteiger partial charge in [-0.05, 0) is 29.8 Å². The molecule has 33 heavy (non-hydrogen) atoms. The van der Waals surface area contributed by atoms with E-state index < -0.39 is 12.1 Å². The molecule has 0 aromatic heterocycles. The number of hydrazine groups is 1. The molecule has 7 nitrogen and oxygen atoms in total. The highest BCUT2D eigenvalue weighted by Crippen LogP contribution is 2.49. The predicted octanol–water partition coefficient (Wildman–Crippen LogP) is 3.18. The number of aromatic hydroxyl groups is 1. The van der Waals surface area contributed by atoms with E-state index in [1.807, 2.05) is 30.3 Å². The molecule has 2 fully saturated rings. The summed E-state index contributed by atoms with van der Waals surface area (Å²) in [5.74, 6) is 0.599. The third-order valence-electron chi connectivity index (χ3n) is 6.70. The highest BCUT2D eigenvalue weighted by molar-refractivity contribution is 5.86. The number of ether oxygens (including phenoxy) is 2. The van der Waals surface area contributed by atoms with Crippen LogP contribution in [-0.2, 0) is 11.3 Å². The lowest BCUT2D eigenvalue weighted by atomic mass is 9.83. The SMILES string of the molecule is O=C1C2NNC(c3ccccc3O)C2C(c2ccccc2F)N1Cc1ccc2c(c1)OCO2. The molecule has 0 aliphatic carbocycles. The van der Waals surface area contributed by atoms with Crippen molar-refractivity contribution in [2.24, 2.45) is 5.92 Å². The quantitative estimate of drug-likeness (QED) is 0.570. The Kier molecular flexibility index (Phi) is 4.70. The summed E-state index contributed by atoms with van der Waals surface area (Å²) in [6.45, 7) is 0.456. The normalized spacial score (nSPS) is 25.5. The van der Waals surface area contributed by atoms with Crippen LogP contribution in [-0.4, -0.2) is 28.7 Å². The van der Waals surface area contributed by atoms with Crippen LogP contribution in [0, 0.1) is 11.7 Å². The summed E-state index contributed by atoms with van der Waals surface area (Å²) >= 11 is 0. The van der Waals surface area contributed by atoms with E-state index in [1.165, 1.54) is 6.07 Å². The Bertz CT molecular complexity index is 1240. The van der Waals surface area contributed by atoms with Crippen molar-refractivity contribution in [1.82, 2.24) is 15.8 Å². The zero-order chi connectivity index (χ0) is 22.5. The molecule has 3 N–H and O–H groups in total. The van der Waals surface area contributed by atoms with Crippen LogP contribution < -0.4 is 20.3 Å². The number of carbonyl (C=O) groups excluding carboxylic acids is 1. The second-order valence-corrected chi connectivity index (χ2v) is 8.50. The van der Waals surface area contributed by atoms with Gasteiger partial charge in [0.1, 0.15) is 17.6 Å². The van der Waals surface area contributed by atoms with Crippen LogP contribution in [0.3, 0.4) is 0 Å². The van der Waals surface area contributed by atoms with Crippen LogP contribution >= 0.6 is 0 Å². The smallest absolute Gasteiger partial charge is 0.242 e. The van der Waals surface area contributed by atoms with Gasteiger partial charge in [-0.3, -0.25) is 4.79 Å². The first-order chi connectivity index (χ1) is 16.1. The molecule has 4 unspecified atom stereocenters. The number of amides is 1. The van der Waals surface area contributed by atoms with Crippen LogP contribution in [0.2, 0.25) is 0 Å². The highest BCUT2D eigenvalue weighted by Gasteiger charge is 2.56. The summed E-state index contributed by atoms with van der Waals surface area (Å²) in [7, 11) is 0. The molecule has 0 radical (unpaired) electrons. The number of benzene rings is 3. The van der Waals surface area contributed by atoms with E-state index in [-0.39, 0.29) is 42.8 Å². The Morgan fingerprint density at radius 2 is 1.67 bits per heavy atom. The van der Waals surface area contributed by atoms with Crippen molar-refractivity contribution in [3.05, 3.63) is 89.2 Å². The molecule has 168 valence electrons. The van der Waals surface area contributed by atoms with Crippen molar-refractivity contribution in [2.45, 2.75) is 24.7 Å². The number of phenols is 1. The van der Waals surface area contributed by atoms with E-state index in [9.17, 15) is 9.90 Å². The van der Waals surface area contributed by atoms with E-state index >= 15 is 4.39 Å². The van der Waals surface area contributed by atoms with Gasteiger partial charge >= 0.3 is 0 Å². The van der Waals surface area contributed by atoms with Crippen molar-refractivity contribution >= 4 is 5.91 Å². The van der Waals surface area contributed by atoms with Crippen LogP contribution in [0.15, 0.2) is 66.7 Å². The minimum atomic E-state index is -0.562. The Balaban J connectivity index is 1.42. The van der Waals surface area contributed by atoms with E-state index in [2.05, 4.69) is 10.9 Å². The second-order valence-electron chi connectivity index (χ2n) is 8.50. The number of rotatable bonds is 4. The molecule has 0 bridgehead atoms. The van der Waals surface area contributed by atoms with Crippen molar-refractivity contribution < 1.29 is 23.8 Å². The lowest BCUT2D eigenvalue weighted by Gasteiger charge is -2.31. The largest absolute Gasteiger partial charge is 0.508 e. The van der Waals surface area contributed by atoms with Crippen molar-refractivity contribution in [2.75, 3.05) is 6.79 Å². The molecule has 0 spiro atoms. The van der Waals surface area contributed by atoms with E-state index in [0.29, 0.717) is 22.6 Å². The zero-order valence-electron chi connectivity index (χ0n) is 17.6. The van der Waals surface area contributed by atoms with Gasteiger partial charge in [0.05, 0.1) is 12.1 Å². The molecule has 4 atom stereocenters. The Morgan fingerprint density at radius 3 is 2.48 bits per heavy atom. The van der Waals surface area contributed by atoms with Gasteiger partial charge in [0.15, 0.2) is 11.5 Å². The molecular weight excluding hydrogens is 425 g/mol. The minimum absolute atomic E-state index is 0.128. The third-order valence-corrected chi connectivity index (χ3v) is 6.70. The van der Waals surface area contributed by atoms with Crippen LogP contribution in [0.4, 0.5) is 4.39 Å². The topological polar surface area (TPSA) is 83.1 Å². The van der Waals surface area contributed by atoms with Crippen LogP contribution in [0.1, 0.15) is 28.8 Å². The van der Waals surface area contributed by atoms with Gasteiger partial charge in [0, 0.05) is 23.6 Å². The fourth-order valence-electron chi connectivity index (χ4n) is 5.22. The van der Waals surface area contributed by atoms with Gasteiger partial charge in [0.25, 0.3) is 0 Å². The summed E-state index contributed by atoms with van der Waals surface area (Å²) in [5.41, 5.74) is 8.24. The number of halogens is 1. The average Bonchev–Trinajstić information content (AvgIpc) is 3.52. The number of hydrogen-bond acceptors (Lipinski definition) is 6. The molecule has 8 heteroatoms. The second kappa shape index (κ2) is 7.75. The van der Waals surface area contributed by atoms with Crippen molar-refractivity contribution in [1.29, 1.82) is 0 Å². The standard InChI is InChI=1S/C25H22FN3O4/c26-17-7-3-1-5-15(17)24-21-22(16-6-2-4-8-18(16)30)27-28-23(21)25(31)29(24)12-14-9-10-19-20(11-14)33-13-32-19/h1-11,21-24,27-28,30H,12-13H2. The molecule has 3 aromatic rings. The Morgan fingerprint density at radius 1 is 0.939 bits per heavy atom. The fourth-order valence-corrected chi connectivity index (χ4v) is 5.22. The average molecular weight is 447 g/mol. The van der Waals surface area contributed by atoms with Gasteiger partial charge in [-0.1, -0.05) is 42.5 Å². The predicted molar refractivity (Wildman–Crippen MR) is 117 cm³/mol. The number of carbonyl (C=O) groups is 1. The number of hydrogen-bond donors (Lipinski definition) is 3. The summed E-state index contributed by atoms with van der Waals surface area (Å²) < 4.78 is 25.9. The summed E-state index contributed by atoms with van der Waals surface area (Å²) in [5, 5.41) is 10.5.